The summed E-state index contributed by atoms with van der Waals surface area (Å²) in [5.41, 5.74) is 1.07. The van der Waals surface area contributed by atoms with Gasteiger partial charge in [-0.05, 0) is 23.6 Å². The van der Waals surface area contributed by atoms with Crippen LogP contribution >= 0.6 is 0 Å². The number of aromatic nitrogens is 1. The van der Waals surface area contributed by atoms with Crippen molar-refractivity contribution < 1.29 is 19.2 Å². The molecule has 6 nitrogen and oxygen atoms in total. The Balaban J connectivity index is 1.83. The molecule has 0 radical (unpaired) electrons. The van der Waals surface area contributed by atoms with Crippen LogP contribution in [0.3, 0.4) is 0 Å². The molecular weight excluding hydrogens is 248 g/mol. The molecule has 2 aromatic rings. The van der Waals surface area contributed by atoms with Gasteiger partial charge in [-0.25, -0.2) is 4.79 Å². The van der Waals surface area contributed by atoms with Gasteiger partial charge in [0.2, 0.25) is 0 Å². The lowest BCUT2D eigenvalue weighted by Gasteiger charge is -2.12. The zero-order valence-electron chi connectivity index (χ0n) is 9.88. The first-order valence-electron chi connectivity index (χ1n) is 5.80. The van der Waals surface area contributed by atoms with E-state index in [4.69, 9.17) is 4.84 Å². The number of imide groups is 1. The summed E-state index contributed by atoms with van der Waals surface area (Å²) in [4.78, 5) is 42.4. The van der Waals surface area contributed by atoms with Crippen molar-refractivity contribution in [3.05, 3.63) is 36.0 Å². The number of aromatic amines is 1. The van der Waals surface area contributed by atoms with Crippen molar-refractivity contribution in [2.75, 3.05) is 0 Å². The van der Waals surface area contributed by atoms with Gasteiger partial charge < -0.3 is 9.82 Å². The molecule has 1 aliphatic heterocycles. The molecule has 1 aromatic carbocycles. The van der Waals surface area contributed by atoms with Crippen LogP contribution in [-0.2, 0) is 14.4 Å². The first kappa shape index (κ1) is 11.5. The third-order valence-electron chi connectivity index (χ3n) is 2.97. The summed E-state index contributed by atoms with van der Waals surface area (Å²) in [7, 11) is 0. The lowest BCUT2D eigenvalue weighted by Crippen LogP contribution is -2.32. The highest BCUT2D eigenvalue weighted by molar-refractivity contribution is 6.03. The second-order valence-corrected chi connectivity index (χ2v) is 4.24. The molecule has 0 spiro atoms. The number of amides is 2. The van der Waals surface area contributed by atoms with Gasteiger partial charge in [0.25, 0.3) is 11.8 Å². The van der Waals surface area contributed by atoms with Crippen LogP contribution in [-0.4, -0.2) is 27.8 Å². The molecule has 0 bridgehead atoms. The third kappa shape index (κ3) is 1.97. The van der Waals surface area contributed by atoms with Crippen LogP contribution in [0.4, 0.5) is 0 Å². The van der Waals surface area contributed by atoms with Crippen molar-refractivity contribution in [2.45, 2.75) is 12.8 Å². The zero-order valence-corrected chi connectivity index (χ0v) is 9.88. The summed E-state index contributed by atoms with van der Waals surface area (Å²) < 4.78 is 0. The fourth-order valence-corrected chi connectivity index (χ4v) is 1.97. The molecule has 0 atom stereocenters. The largest absolute Gasteiger partial charge is 0.363 e. The molecule has 1 aromatic heterocycles. The maximum Gasteiger partial charge on any atom is 0.363 e. The van der Waals surface area contributed by atoms with Crippen molar-refractivity contribution in [3.8, 4) is 0 Å². The van der Waals surface area contributed by atoms with Gasteiger partial charge in [-0.1, -0.05) is 6.07 Å². The zero-order chi connectivity index (χ0) is 13.4. The lowest BCUT2D eigenvalue weighted by molar-refractivity contribution is -0.172. The summed E-state index contributed by atoms with van der Waals surface area (Å²) in [6.45, 7) is 0. The molecule has 1 N–H and O–H groups in total. The second kappa shape index (κ2) is 4.24. The van der Waals surface area contributed by atoms with Gasteiger partial charge in [0.1, 0.15) is 0 Å². The number of carbonyl (C=O) groups is 3. The molecule has 1 aliphatic rings. The highest BCUT2D eigenvalue weighted by Crippen LogP contribution is 2.17. The third-order valence-corrected chi connectivity index (χ3v) is 2.97. The molecule has 2 heterocycles. The molecule has 2 amide bonds. The summed E-state index contributed by atoms with van der Waals surface area (Å²) in [6.07, 6.45) is 1.93. The second-order valence-electron chi connectivity index (χ2n) is 4.24. The van der Waals surface area contributed by atoms with Gasteiger partial charge in [-0.2, -0.15) is 0 Å². The summed E-state index contributed by atoms with van der Waals surface area (Å²) in [6, 6.07) is 6.83. The van der Waals surface area contributed by atoms with E-state index in [9.17, 15) is 14.4 Å². The Hall–Kier alpha value is -2.63. The first-order valence-corrected chi connectivity index (χ1v) is 5.80. The number of nitrogens with zero attached hydrogens (tertiary/aromatic N) is 1. The quantitative estimate of drug-likeness (QED) is 0.825. The number of fused-ring (bicyclic) bond motifs is 1. The number of rotatable bonds is 2. The molecular formula is C13H10N2O4. The van der Waals surface area contributed by atoms with E-state index in [2.05, 4.69) is 4.98 Å². The van der Waals surface area contributed by atoms with Crippen molar-refractivity contribution >= 4 is 28.7 Å². The Bertz CT molecular complexity index is 673. The number of carbonyl (C=O) groups excluding carboxylic acids is 3. The topological polar surface area (TPSA) is 79.5 Å². The van der Waals surface area contributed by atoms with Crippen molar-refractivity contribution in [1.82, 2.24) is 10.0 Å². The Morgan fingerprint density at radius 2 is 1.89 bits per heavy atom. The van der Waals surface area contributed by atoms with Gasteiger partial charge in [0, 0.05) is 24.6 Å². The number of hydrogen-bond donors (Lipinski definition) is 1. The van der Waals surface area contributed by atoms with E-state index < -0.39 is 17.8 Å². The molecule has 19 heavy (non-hydrogen) atoms. The van der Waals surface area contributed by atoms with E-state index in [1.54, 1.807) is 24.4 Å². The predicted molar refractivity (Wildman–Crippen MR) is 64.8 cm³/mol. The van der Waals surface area contributed by atoms with Gasteiger partial charge in [0.15, 0.2) is 0 Å². The van der Waals surface area contributed by atoms with Gasteiger partial charge >= 0.3 is 5.97 Å². The maximum absolute atomic E-state index is 11.9. The molecule has 0 unspecified atom stereocenters. The fraction of sp³-hybridized carbons (Fsp3) is 0.154. The maximum atomic E-state index is 11.9. The minimum atomic E-state index is -0.722. The molecule has 1 fully saturated rings. The molecule has 96 valence electrons. The van der Waals surface area contributed by atoms with Gasteiger partial charge in [-0.15, -0.1) is 5.06 Å². The Kier molecular flexibility index (Phi) is 2.56. The van der Waals surface area contributed by atoms with Crippen LogP contribution in [0.5, 0.6) is 0 Å². The molecule has 0 saturated carbocycles. The van der Waals surface area contributed by atoms with E-state index in [-0.39, 0.29) is 18.4 Å². The lowest BCUT2D eigenvalue weighted by atomic mass is 10.2. The smallest absolute Gasteiger partial charge is 0.361 e. The van der Waals surface area contributed by atoms with E-state index in [0.717, 1.165) is 10.9 Å². The number of benzene rings is 1. The number of nitrogens with one attached hydrogen (secondary N) is 1. The molecule has 1 saturated heterocycles. The Labute approximate surface area is 107 Å². The van der Waals surface area contributed by atoms with Crippen molar-refractivity contribution in [1.29, 1.82) is 0 Å². The summed E-state index contributed by atoms with van der Waals surface area (Å²) in [5.74, 6) is -1.70. The predicted octanol–water partition coefficient (Wildman–Crippen LogP) is 1.39. The van der Waals surface area contributed by atoms with Crippen LogP contribution < -0.4 is 0 Å². The van der Waals surface area contributed by atoms with Crippen LogP contribution in [0, 0.1) is 0 Å². The average molecular weight is 258 g/mol. The summed E-state index contributed by atoms with van der Waals surface area (Å²) >= 11 is 0. The number of hydrogen-bond acceptors (Lipinski definition) is 4. The van der Waals surface area contributed by atoms with E-state index in [0.29, 0.717) is 5.06 Å². The van der Waals surface area contributed by atoms with Gasteiger partial charge in [-0.3, -0.25) is 9.59 Å². The van der Waals surface area contributed by atoms with Crippen LogP contribution in [0.25, 0.3) is 10.9 Å². The minimum absolute atomic E-state index is 0.0851. The monoisotopic (exact) mass is 258 g/mol. The average Bonchev–Trinajstić information content (AvgIpc) is 2.99. The Morgan fingerprint density at radius 1 is 1.16 bits per heavy atom. The van der Waals surface area contributed by atoms with Gasteiger partial charge in [0.05, 0.1) is 5.56 Å². The van der Waals surface area contributed by atoms with E-state index >= 15 is 0 Å². The van der Waals surface area contributed by atoms with Crippen LogP contribution in [0.2, 0.25) is 0 Å². The fourth-order valence-electron chi connectivity index (χ4n) is 1.97. The highest BCUT2D eigenvalue weighted by atomic mass is 16.7. The SMILES string of the molecule is O=C(ON1C(=O)CCC1=O)c1ccc2cc[nH]c2c1. The highest BCUT2D eigenvalue weighted by Gasteiger charge is 2.33. The molecule has 6 heteroatoms. The van der Waals surface area contributed by atoms with E-state index in [1.807, 2.05) is 6.07 Å². The normalized spacial score (nSPS) is 15.3. The summed E-state index contributed by atoms with van der Waals surface area (Å²) in [5, 5.41) is 1.51. The minimum Gasteiger partial charge on any atom is -0.361 e. The van der Waals surface area contributed by atoms with Crippen molar-refractivity contribution in [2.24, 2.45) is 0 Å². The number of H-pyrrole nitrogens is 1. The van der Waals surface area contributed by atoms with E-state index in [1.165, 1.54) is 0 Å². The van der Waals surface area contributed by atoms with Crippen molar-refractivity contribution in [3.63, 3.8) is 0 Å². The Morgan fingerprint density at radius 3 is 2.63 bits per heavy atom. The van der Waals surface area contributed by atoms with Crippen LogP contribution in [0.1, 0.15) is 23.2 Å². The molecule has 0 aliphatic carbocycles. The first-order chi connectivity index (χ1) is 9.15. The standard InChI is InChI=1S/C13H10N2O4/c16-11-3-4-12(17)15(11)19-13(18)9-2-1-8-5-6-14-10(8)7-9/h1-2,5-7,14H,3-4H2. The molecule has 3 rings (SSSR count). The van der Waals surface area contributed by atoms with Crippen LogP contribution in [0.15, 0.2) is 30.5 Å². The number of hydroxylamine groups is 2.